The van der Waals surface area contributed by atoms with Gasteiger partial charge < -0.3 is 20.4 Å². The van der Waals surface area contributed by atoms with Gasteiger partial charge in [-0.25, -0.2) is 0 Å². The first-order valence-electron chi connectivity index (χ1n) is 9.79. The summed E-state index contributed by atoms with van der Waals surface area (Å²) < 4.78 is 0. The molecule has 0 aromatic heterocycles. The highest BCUT2D eigenvalue weighted by Gasteiger charge is 2.48. The van der Waals surface area contributed by atoms with Crippen LogP contribution in [0.4, 0.5) is 5.69 Å². The summed E-state index contributed by atoms with van der Waals surface area (Å²) in [5.41, 5.74) is 0.172. The molecule has 7 heteroatoms. The van der Waals surface area contributed by atoms with Crippen molar-refractivity contribution in [3.05, 3.63) is 76.8 Å². The van der Waals surface area contributed by atoms with Gasteiger partial charge in [0, 0.05) is 41.7 Å². The van der Waals surface area contributed by atoms with Gasteiger partial charge in [0.2, 0.25) is 5.91 Å². The van der Waals surface area contributed by atoms with Crippen molar-refractivity contribution in [2.24, 2.45) is 5.92 Å². The summed E-state index contributed by atoms with van der Waals surface area (Å²) in [6, 6.07) is 14.4. The van der Waals surface area contributed by atoms with Crippen molar-refractivity contribution in [2.45, 2.75) is 25.5 Å². The smallest absolute Gasteiger partial charge is 0.261 e. The molecule has 0 bridgehead atoms. The van der Waals surface area contributed by atoms with E-state index in [0.717, 1.165) is 5.56 Å². The SMILES string of the molecule is C[C@H](/C=C/CC(=O)N(CCO)Cc1ccccc1)[C@@]1(O)C(=O)Nc2ccc(Cl)cc21. The monoisotopic (exact) mass is 428 g/mol. The molecule has 2 aromatic carbocycles. The molecule has 3 N–H and O–H groups in total. The van der Waals surface area contributed by atoms with Crippen molar-refractivity contribution in [2.75, 3.05) is 18.5 Å². The molecule has 0 unspecified atom stereocenters. The topological polar surface area (TPSA) is 89.9 Å². The molecule has 1 aliphatic heterocycles. The van der Waals surface area contributed by atoms with Crippen molar-refractivity contribution in [3.63, 3.8) is 0 Å². The number of amides is 2. The molecule has 158 valence electrons. The van der Waals surface area contributed by atoms with Gasteiger partial charge in [0.1, 0.15) is 0 Å². The normalized spacial score (nSPS) is 18.9. The van der Waals surface area contributed by atoms with Gasteiger partial charge in [0.05, 0.1) is 6.61 Å². The van der Waals surface area contributed by atoms with Crippen LogP contribution in [-0.4, -0.2) is 40.1 Å². The number of fused-ring (bicyclic) bond motifs is 1. The van der Waals surface area contributed by atoms with Crippen LogP contribution in [0.2, 0.25) is 5.02 Å². The second-order valence-electron chi connectivity index (χ2n) is 7.36. The predicted octanol–water partition coefficient (Wildman–Crippen LogP) is 3.08. The number of rotatable bonds is 8. The molecule has 2 amide bonds. The summed E-state index contributed by atoms with van der Waals surface area (Å²) in [5, 5.41) is 23.5. The summed E-state index contributed by atoms with van der Waals surface area (Å²) in [7, 11) is 0. The van der Waals surface area contributed by atoms with E-state index in [0.29, 0.717) is 22.8 Å². The number of carbonyl (C=O) groups is 2. The van der Waals surface area contributed by atoms with Crippen molar-refractivity contribution < 1.29 is 19.8 Å². The molecule has 1 heterocycles. The molecular weight excluding hydrogens is 404 g/mol. The average molecular weight is 429 g/mol. The van der Waals surface area contributed by atoms with E-state index in [2.05, 4.69) is 5.32 Å². The van der Waals surface area contributed by atoms with Gasteiger partial charge in [-0.05, 0) is 23.8 Å². The summed E-state index contributed by atoms with van der Waals surface area (Å²) in [6.45, 7) is 2.22. The Morgan fingerprint density at radius 1 is 1.27 bits per heavy atom. The predicted molar refractivity (Wildman–Crippen MR) is 116 cm³/mol. The molecule has 0 saturated heterocycles. The zero-order valence-electron chi connectivity index (χ0n) is 16.7. The first-order valence-corrected chi connectivity index (χ1v) is 10.2. The summed E-state index contributed by atoms with van der Waals surface area (Å²) in [6.07, 6.45) is 3.40. The van der Waals surface area contributed by atoms with Gasteiger partial charge in [-0.3, -0.25) is 9.59 Å². The van der Waals surface area contributed by atoms with Gasteiger partial charge >= 0.3 is 0 Å². The van der Waals surface area contributed by atoms with Gasteiger partial charge in [-0.2, -0.15) is 0 Å². The van der Waals surface area contributed by atoms with E-state index in [1.54, 1.807) is 42.2 Å². The van der Waals surface area contributed by atoms with E-state index in [1.807, 2.05) is 30.3 Å². The van der Waals surface area contributed by atoms with Gasteiger partial charge in [-0.15, -0.1) is 0 Å². The zero-order valence-corrected chi connectivity index (χ0v) is 17.5. The van der Waals surface area contributed by atoms with Crippen molar-refractivity contribution in [3.8, 4) is 0 Å². The Morgan fingerprint density at radius 2 is 2.00 bits per heavy atom. The number of nitrogens with zero attached hydrogens (tertiary/aromatic N) is 1. The number of aliphatic hydroxyl groups is 2. The third-order valence-corrected chi connectivity index (χ3v) is 5.54. The largest absolute Gasteiger partial charge is 0.395 e. The summed E-state index contributed by atoms with van der Waals surface area (Å²) in [4.78, 5) is 26.7. The molecule has 30 heavy (non-hydrogen) atoms. The Labute approximate surface area is 180 Å². The maximum Gasteiger partial charge on any atom is 0.261 e. The molecule has 2 atom stereocenters. The molecule has 2 aromatic rings. The van der Waals surface area contributed by atoms with Crippen LogP contribution in [0, 0.1) is 5.92 Å². The second kappa shape index (κ2) is 9.43. The van der Waals surface area contributed by atoms with E-state index >= 15 is 0 Å². The highest BCUT2D eigenvalue weighted by Crippen LogP contribution is 2.42. The lowest BCUT2D eigenvalue weighted by atomic mass is 9.83. The lowest BCUT2D eigenvalue weighted by Crippen LogP contribution is -2.39. The van der Waals surface area contributed by atoms with Gasteiger partial charge in [0.25, 0.3) is 5.91 Å². The Hall–Kier alpha value is -2.67. The number of hydrogen-bond donors (Lipinski definition) is 3. The van der Waals surface area contributed by atoms with Crippen LogP contribution in [-0.2, 0) is 21.7 Å². The minimum absolute atomic E-state index is 0.0945. The lowest BCUT2D eigenvalue weighted by molar-refractivity contribution is -0.137. The van der Waals surface area contributed by atoms with E-state index in [1.165, 1.54) is 0 Å². The number of aliphatic hydroxyl groups excluding tert-OH is 1. The number of carbonyl (C=O) groups excluding carboxylic acids is 2. The van der Waals surface area contributed by atoms with Crippen molar-refractivity contribution in [1.82, 2.24) is 4.90 Å². The molecular formula is C23H25ClN2O4. The highest BCUT2D eigenvalue weighted by molar-refractivity contribution is 6.31. The standard InChI is InChI=1S/C23H25ClN2O4/c1-16(23(30)19-14-18(24)10-11-20(19)25-22(23)29)6-5-9-21(28)26(12-13-27)15-17-7-3-2-4-8-17/h2-8,10-11,14,16,27,30H,9,12-13,15H2,1H3,(H,25,29)/b6-5+/t16-,23+/m1/s1. The average Bonchev–Trinajstić information content (AvgIpc) is 2.99. The number of hydrogen-bond acceptors (Lipinski definition) is 4. The number of nitrogens with one attached hydrogen (secondary N) is 1. The van der Waals surface area contributed by atoms with E-state index in [-0.39, 0.29) is 25.5 Å². The van der Waals surface area contributed by atoms with E-state index < -0.39 is 17.4 Å². The molecule has 0 aliphatic carbocycles. The maximum absolute atomic E-state index is 12.6. The quantitative estimate of drug-likeness (QED) is 0.563. The second-order valence-corrected chi connectivity index (χ2v) is 7.79. The first kappa shape index (κ1) is 22.0. The van der Waals surface area contributed by atoms with Crippen LogP contribution in [0.15, 0.2) is 60.7 Å². The molecule has 0 radical (unpaired) electrons. The molecule has 3 rings (SSSR count). The molecule has 0 saturated carbocycles. The Kier molecular flexibility index (Phi) is 6.92. The zero-order chi connectivity index (χ0) is 21.7. The lowest BCUT2D eigenvalue weighted by Gasteiger charge is -2.26. The van der Waals surface area contributed by atoms with E-state index in [4.69, 9.17) is 11.6 Å². The molecule has 0 fully saturated rings. The van der Waals surface area contributed by atoms with Gasteiger partial charge in [-0.1, -0.05) is 61.0 Å². The van der Waals surface area contributed by atoms with Gasteiger partial charge in [0.15, 0.2) is 5.60 Å². The van der Waals surface area contributed by atoms with Crippen LogP contribution < -0.4 is 5.32 Å². The third-order valence-electron chi connectivity index (χ3n) is 5.30. The van der Waals surface area contributed by atoms with Crippen LogP contribution in [0.3, 0.4) is 0 Å². The number of benzene rings is 2. The molecule has 0 spiro atoms. The van der Waals surface area contributed by atoms with Crippen LogP contribution in [0.5, 0.6) is 0 Å². The Bertz CT molecular complexity index is 947. The van der Waals surface area contributed by atoms with Crippen LogP contribution >= 0.6 is 11.6 Å². The number of halogens is 1. The molecule has 6 nitrogen and oxygen atoms in total. The van der Waals surface area contributed by atoms with Crippen molar-refractivity contribution >= 4 is 29.1 Å². The molecule has 1 aliphatic rings. The maximum atomic E-state index is 12.6. The fraction of sp³-hybridized carbons (Fsp3) is 0.304. The van der Waals surface area contributed by atoms with Crippen molar-refractivity contribution in [1.29, 1.82) is 0 Å². The fourth-order valence-electron chi connectivity index (χ4n) is 3.59. The van der Waals surface area contributed by atoms with Crippen LogP contribution in [0.25, 0.3) is 0 Å². The Balaban J connectivity index is 1.68. The Morgan fingerprint density at radius 3 is 2.70 bits per heavy atom. The minimum Gasteiger partial charge on any atom is -0.395 e. The van der Waals surface area contributed by atoms with Crippen LogP contribution in [0.1, 0.15) is 24.5 Å². The number of anilines is 1. The summed E-state index contributed by atoms with van der Waals surface area (Å²) in [5.74, 6) is -1.25. The van der Waals surface area contributed by atoms with E-state index in [9.17, 15) is 19.8 Å². The fourth-order valence-corrected chi connectivity index (χ4v) is 3.76. The first-order chi connectivity index (χ1) is 14.4. The minimum atomic E-state index is -1.76. The third kappa shape index (κ3) is 4.56. The highest BCUT2D eigenvalue weighted by atomic mass is 35.5. The summed E-state index contributed by atoms with van der Waals surface area (Å²) >= 11 is 6.04.